The van der Waals surface area contributed by atoms with Gasteiger partial charge in [0, 0.05) is 11.6 Å². The zero-order chi connectivity index (χ0) is 17.8. The van der Waals surface area contributed by atoms with Crippen molar-refractivity contribution in [2.75, 3.05) is 5.73 Å². The summed E-state index contributed by atoms with van der Waals surface area (Å²) in [7, 11) is 0. The molecular weight excluding hydrogens is 312 g/mol. The van der Waals surface area contributed by atoms with Crippen molar-refractivity contribution in [2.45, 2.75) is 12.5 Å². The first-order valence-corrected chi connectivity index (χ1v) is 7.88. The lowest BCUT2D eigenvalue weighted by Gasteiger charge is -2.16. The van der Waals surface area contributed by atoms with Gasteiger partial charge in [-0.15, -0.1) is 0 Å². The van der Waals surface area contributed by atoms with E-state index in [4.69, 9.17) is 11.5 Å². The van der Waals surface area contributed by atoms with Gasteiger partial charge in [-0.2, -0.15) is 5.26 Å². The summed E-state index contributed by atoms with van der Waals surface area (Å²) in [5.41, 5.74) is 15.4. The third-order valence-corrected chi connectivity index (χ3v) is 4.07. The zero-order valence-corrected chi connectivity index (χ0v) is 13.6. The number of benzene rings is 2. The topological polar surface area (TPSA) is 109 Å². The van der Waals surface area contributed by atoms with Crippen LogP contribution in [-0.4, -0.2) is 10.1 Å². The Morgan fingerprint density at radius 3 is 2.44 bits per heavy atom. The Hall–Kier alpha value is -3.36. The van der Waals surface area contributed by atoms with Crippen molar-refractivity contribution in [3.05, 3.63) is 77.4 Å². The molecule has 0 fully saturated rings. The Kier molecular flexibility index (Phi) is 4.64. The van der Waals surface area contributed by atoms with E-state index in [1.165, 1.54) is 0 Å². The van der Waals surface area contributed by atoms with Gasteiger partial charge in [-0.05, 0) is 35.7 Å². The lowest BCUT2D eigenvalue weighted by Crippen LogP contribution is -2.16. The number of phenolic OH excluding ortho intramolecular Hbond substituents is 1. The third kappa shape index (κ3) is 3.44. The number of hydrogen-bond donors (Lipinski definition) is 3. The van der Waals surface area contributed by atoms with Crippen molar-refractivity contribution in [2.24, 2.45) is 5.73 Å². The Balaban J connectivity index is 2.06. The van der Waals surface area contributed by atoms with E-state index in [0.29, 0.717) is 23.2 Å². The first kappa shape index (κ1) is 16.5. The maximum atomic E-state index is 10.1. The Labute approximate surface area is 146 Å². The second-order valence-corrected chi connectivity index (χ2v) is 5.78. The highest BCUT2D eigenvalue weighted by Crippen LogP contribution is 2.32. The molecule has 1 atom stereocenters. The summed E-state index contributed by atoms with van der Waals surface area (Å²) in [6.45, 7) is 0. The minimum Gasteiger partial charge on any atom is -0.507 e. The lowest BCUT2D eigenvalue weighted by molar-refractivity contribution is 0.477. The highest BCUT2D eigenvalue weighted by Gasteiger charge is 2.18. The van der Waals surface area contributed by atoms with Gasteiger partial charge in [-0.1, -0.05) is 42.5 Å². The predicted octanol–water partition coefficient (Wildman–Crippen LogP) is 3.15. The number of para-hydroxylation sites is 1. The zero-order valence-electron chi connectivity index (χ0n) is 13.6. The van der Waals surface area contributed by atoms with Crippen LogP contribution in [0, 0.1) is 11.3 Å². The van der Waals surface area contributed by atoms with E-state index in [9.17, 15) is 10.4 Å². The summed E-state index contributed by atoms with van der Waals surface area (Å²) in [4.78, 5) is 4.26. The standard InChI is InChI=1S/C20H18N4O/c21-12-16-15(17(22)10-13-6-2-1-3-7-13)11-18(24-20(16)23)14-8-4-5-9-19(14)25/h1-9,11,17,25H,10,22H2,(H2,23,24)/t17-/m0/s1. The number of nitrogens with zero attached hydrogens (tertiary/aromatic N) is 2. The van der Waals surface area contributed by atoms with Crippen molar-refractivity contribution in [3.8, 4) is 23.1 Å². The molecule has 0 saturated heterocycles. The number of nitriles is 1. The Morgan fingerprint density at radius 1 is 1.08 bits per heavy atom. The average molecular weight is 330 g/mol. The molecular formula is C20H18N4O. The molecule has 0 aliphatic carbocycles. The quantitative estimate of drug-likeness (QED) is 0.681. The fourth-order valence-corrected chi connectivity index (χ4v) is 2.81. The van der Waals surface area contributed by atoms with Crippen LogP contribution >= 0.6 is 0 Å². The lowest BCUT2D eigenvalue weighted by atomic mass is 9.94. The summed E-state index contributed by atoms with van der Waals surface area (Å²) in [6.07, 6.45) is 0.569. The molecule has 1 aromatic heterocycles. The monoisotopic (exact) mass is 330 g/mol. The van der Waals surface area contributed by atoms with Crippen molar-refractivity contribution in [1.29, 1.82) is 5.26 Å². The highest BCUT2D eigenvalue weighted by atomic mass is 16.3. The van der Waals surface area contributed by atoms with E-state index in [1.807, 2.05) is 30.3 Å². The fourth-order valence-electron chi connectivity index (χ4n) is 2.81. The van der Waals surface area contributed by atoms with E-state index in [1.54, 1.807) is 30.3 Å². The third-order valence-electron chi connectivity index (χ3n) is 4.07. The summed E-state index contributed by atoms with van der Waals surface area (Å²) in [5, 5.41) is 19.5. The fraction of sp³-hybridized carbons (Fsp3) is 0.100. The van der Waals surface area contributed by atoms with Gasteiger partial charge in [-0.25, -0.2) is 4.98 Å². The first-order chi connectivity index (χ1) is 12.1. The van der Waals surface area contributed by atoms with Crippen LogP contribution in [0.25, 0.3) is 11.3 Å². The largest absolute Gasteiger partial charge is 0.507 e. The molecule has 0 radical (unpaired) electrons. The molecule has 1 heterocycles. The number of pyridine rings is 1. The van der Waals surface area contributed by atoms with Crippen molar-refractivity contribution in [3.63, 3.8) is 0 Å². The van der Waals surface area contributed by atoms with Crippen LogP contribution in [0.1, 0.15) is 22.7 Å². The molecule has 5 nitrogen and oxygen atoms in total. The van der Waals surface area contributed by atoms with Gasteiger partial charge in [0.05, 0.1) is 11.3 Å². The van der Waals surface area contributed by atoms with Gasteiger partial charge in [0.2, 0.25) is 0 Å². The van der Waals surface area contributed by atoms with E-state index in [2.05, 4.69) is 11.1 Å². The molecule has 5 N–H and O–H groups in total. The normalized spacial score (nSPS) is 11.7. The van der Waals surface area contributed by atoms with Gasteiger partial charge in [0.25, 0.3) is 0 Å². The number of nitrogen functional groups attached to an aromatic ring is 1. The molecule has 0 amide bonds. The molecule has 25 heavy (non-hydrogen) atoms. The summed E-state index contributed by atoms with van der Waals surface area (Å²) in [6, 6.07) is 20.1. The molecule has 0 unspecified atom stereocenters. The maximum Gasteiger partial charge on any atom is 0.142 e. The molecule has 0 aliphatic rings. The van der Waals surface area contributed by atoms with E-state index in [0.717, 1.165) is 5.56 Å². The molecule has 3 aromatic rings. The molecule has 5 heteroatoms. The van der Waals surface area contributed by atoms with Crippen LogP contribution in [0.2, 0.25) is 0 Å². The van der Waals surface area contributed by atoms with Crippen LogP contribution < -0.4 is 11.5 Å². The molecule has 0 spiro atoms. The second kappa shape index (κ2) is 7.04. The van der Waals surface area contributed by atoms with Gasteiger partial charge in [0.15, 0.2) is 0 Å². The summed E-state index contributed by atoms with van der Waals surface area (Å²) in [5.74, 6) is 0.212. The van der Waals surface area contributed by atoms with Crippen LogP contribution in [0.5, 0.6) is 5.75 Å². The van der Waals surface area contributed by atoms with E-state index >= 15 is 0 Å². The summed E-state index contributed by atoms with van der Waals surface area (Å²) >= 11 is 0. The second-order valence-electron chi connectivity index (χ2n) is 5.78. The number of aromatic nitrogens is 1. The van der Waals surface area contributed by atoms with E-state index < -0.39 is 6.04 Å². The van der Waals surface area contributed by atoms with Crippen molar-refractivity contribution >= 4 is 5.82 Å². The minimum absolute atomic E-state index is 0.0988. The van der Waals surface area contributed by atoms with Crippen LogP contribution in [0.4, 0.5) is 5.82 Å². The van der Waals surface area contributed by atoms with Gasteiger partial charge >= 0.3 is 0 Å². The number of anilines is 1. The first-order valence-electron chi connectivity index (χ1n) is 7.88. The molecule has 0 bridgehead atoms. The van der Waals surface area contributed by atoms with Crippen LogP contribution in [0.15, 0.2) is 60.7 Å². The highest BCUT2D eigenvalue weighted by molar-refractivity contribution is 5.71. The van der Waals surface area contributed by atoms with E-state index in [-0.39, 0.29) is 17.1 Å². The van der Waals surface area contributed by atoms with Crippen molar-refractivity contribution in [1.82, 2.24) is 4.98 Å². The maximum absolute atomic E-state index is 10.1. The molecule has 0 saturated carbocycles. The average Bonchev–Trinajstić information content (AvgIpc) is 2.62. The number of phenols is 1. The van der Waals surface area contributed by atoms with Gasteiger partial charge in [-0.3, -0.25) is 0 Å². The molecule has 3 rings (SSSR count). The number of rotatable bonds is 4. The van der Waals surface area contributed by atoms with Gasteiger partial charge < -0.3 is 16.6 Å². The molecule has 2 aromatic carbocycles. The predicted molar refractivity (Wildman–Crippen MR) is 97.5 cm³/mol. The SMILES string of the molecule is N#Cc1c([C@@H](N)Cc2ccccc2)cc(-c2ccccc2O)nc1N. The van der Waals surface area contributed by atoms with Crippen molar-refractivity contribution < 1.29 is 5.11 Å². The van der Waals surface area contributed by atoms with Crippen LogP contribution in [-0.2, 0) is 6.42 Å². The smallest absolute Gasteiger partial charge is 0.142 e. The van der Waals surface area contributed by atoms with Crippen LogP contribution in [0.3, 0.4) is 0 Å². The Bertz CT molecular complexity index is 932. The number of aromatic hydroxyl groups is 1. The molecule has 0 aliphatic heterocycles. The Morgan fingerprint density at radius 2 is 1.76 bits per heavy atom. The minimum atomic E-state index is -0.410. The molecule has 124 valence electrons. The number of nitrogens with two attached hydrogens (primary N) is 2. The summed E-state index contributed by atoms with van der Waals surface area (Å²) < 4.78 is 0. The van der Waals surface area contributed by atoms with Gasteiger partial charge in [0.1, 0.15) is 17.6 Å². The number of hydrogen-bond acceptors (Lipinski definition) is 5.